The summed E-state index contributed by atoms with van der Waals surface area (Å²) in [4.78, 5) is 24.4. The van der Waals surface area contributed by atoms with Gasteiger partial charge in [-0.2, -0.15) is 0 Å². The van der Waals surface area contributed by atoms with Crippen molar-refractivity contribution < 1.29 is 23.8 Å². The second-order valence-electron chi connectivity index (χ2n) is 5.21. The zero-order valence-corrected chi connectivity index (χ0v) is 14.6. The molecule has 0 bridgehead atoms. The highest BCUT2D eigenvalue weighted by atomic mass is 35.5. The summed E-state index contributed by atoms with van der Waals surface area (Å²) in [5.74, 6) is -0.481. The van der Waals surface area contributed by atoms with E-state index in [4.69, 9.17) is 37.4 Å². The number of hydrogen-bond acceptors (Lipinski definition) is 5. The van der Waals surface area contributed by atoms with E-state index in [0.29, 0.717) is 22.2 Å². The minimum Gasteiger partial charge on any atom is -0.454 e. The summed E-state index contributed by atoms with van der Waals surface area (Å²) >= 11 is 12.0. The third-order valence-corrected chi connectivity index (χ3v) is 4.06. The van der Waals surface area contributed by atoms with Gasteiger partial charge < -0.3 is 19.5 Å². The van der Waals surface area contributed by atoms with Crippen molar-refractivity contribution in [2.24, 2.45) is 0 Å². The number of rotatable bonds is 4. The standard InChI is InChI=1S/C17H13Cl2NO5/c1-9(16(21)20-13-5-3-2-4-11(13)18)25-17(22)10-6-12(19)15-14(7-10)23-8-24-15/h2-7,9H,8H2,1H3,(H,20,21). The second kappa shape index (κ2) is 7.21. The molecule has 2 aromatic carbocycles. The third kappa shape index (κ3) is 3.81. The molecular weight excluding hydrogens is 369 g/mol. The van der Waals surface area contributed by atoms with Crippen molar-refractivity contribution in [2.75, 3.05) is 12.1 Å². The van der Waals surface area contributed by atoms with Crippen LogP contribution in [0.3, 0.4) is 0 Å². The zero-order chi connectivity index (χ0) is 18.0. The van der Waals surface area contributed by atoms with Crippen LogP contribution < -0.4 is 14.8 Å². The molecule has 0 aliphatic carbocycles. The number of ether oxygens (including phenoxy) is 3. The number of halogens is 2. The van der Waals surface area contributed by atoms with Gasteiger partial charge >= 0.3 is 5.97 Å². The summed E-state index contributed by atoms with van der Waals surface area (Å²) in [6, 6.07) is 9.61. The average Bonchev–Trinajstić information content (AvgIpc) is 3.06. The van der Waals surface area contributed by atoms with Crippen LogP contribution in [0.15, 0.2) is 36.4 Å². The van der Waals surface area contributed by atoms with Gasteiger partial charge in [0.25, 0.3) is 5.91 Å². The molecule has 0 radical (unpaired) electrons. The lowest BCUT2D eigenvalue weighted by Gasteiger charge is -2.14. The number of fused-ring (bicyclic) bond motifs is 1. The molecule has 3 rings (SSSR count). The monoisotopic (exact) mass is 381 g/mol. The van der Waals surface area contributed by atoms with Crippen LogP contribution >= 0.6 is 23.2 Å². The molecule has 130 valence electrons. The molecule has 1 atom stereocenters. The van der Waals surface area contributed by atoms with E-state index in [9.17, 15) is 9.59 Å². The van der Waals surface area contributed by atoms with Gasteiger partial charge in [0, 0.05) is 0 Å². The van der Waals surface area contributed by atoms with Gasteiger partial charge in [0.05, 0.1) is 21.3 Å². The van der Waals surface area contributed by atoms with Crippen LogP contribution in [-0.2, 0) is 9.53 Å². The van der Waals surface area contributed by atoms with Crippen molar-refractivity contribution in [3.63, 3.8) is 0 Å². The lowest BCUT2D eigenvalue weighted by atomic mass is 10.2. The number of carbonyl (C=O) groups is 2. The Labute approximate surface area is 153 Å². The maximum atomic E-state index is 12.2. The summed E-state index contributed by atoms with van der Waals surface area (Å²) in [6.45, 7) is 1.49. The van der Waals surface area contributed by atoms with Gasteiger partial charge in [0.2, 0.25) is 6.79 Å². The topological polar surface area (TPSA) is 73.9 Å². The SMILES string of the molecule is CC(OC(=O)c1cc(Cl)c2c(c1)OCO2)C(=O)Nc1ccccc1Cl. The van der Waals surface area contributed by atoms with E-state index in [1.54, 1.807) is 24.3 Å². The van der Waals surface area contributed by atoms with E-state index < -0.39 is 18.0 Å². The zero-order valence-electron chi connectivity index (χ0n) is 13.0. The molecule has 0 aromatic heterocycles. The molecule has 1 unspecified atom stereocenters. The Kier molecular flexibility index (Phi) is 5.01. The molecule has 0 saturated carbocycles. The Hall–Kier alpha value is -2.44. The van der Waals surface area contributed by atoms with Crippen LogP contribution in [0.25, 0.3) is 0 Å². The summed E-state index contributed by atoms with van der Waals surface area (Å²) in [5, 5.41) is 3.22. The smallest absolute Gasteiger partial charge is 0.339 e. The normalized spacial score (nSPS) is 13.2. The van der Waals surface area contributed by atoms with Crippen LogP contribution in [0.4, 0.5) is 5.69 Å². The number of carbonyl (C=O) groups excluding carboxylic acids is 2. The molecule has 0 saturated heterocycles. The number of nitrogens with one attached hydrogen (secondary N) is 1. The maximum Gasteiger partial charge on any atom is 0.339 e. The molecule has 8 heteroatoms. The maximum absolute atomic E-state index is 12.2. The van der Waals surface area contributed by atoms with E-state index in [0.717, 1.165) is 0 Å². The quantitative estimate of drug-likeness (QED) is 0.812. The van der Waals surface area contributed by atoms with Gasteiger partial charge in [-0.15, -0.1) is 0 Å². The van der Waals surface area contributed by atoms with Crippen molar-refractivity contribution in [3.05, 3.63) is 52.0 Å². The highest BCUT2D eigenvalue weighted by Crippen LogP contribution is 2.40. The number of para-hydroxylation sites is 1. The van der Waals surface area contributed by atoms with Crippen molar-refractivity contribution in [1.82, 2.24) is 0 Å². The van der Waals surface area contributed by atoms with Crippen LogP contribution in [-0.4, -0.2) is 24.8 Å². The highest BCUT2D eigenvalue weighted by molar-refractivity contribution is 6.33. The predicted octanol–water partition coefficient (Wildman–Crippen LogP) is 3.91. The molecule has 0 fully saturated rings. The predicted molar refractivity (Wildman–Crippen MR) is 92.5 cm³/mol. The molecule has 2 aromatic rings. The average molecular weight is 382 g/mol. The lowest BCUT2D eigenvalue weighted by molar-refractivity contribution is -0.123. The van der Waals surface area contributed by atoms with Crippen LogP contribution in [0.2, 0.25) is 10.0 Å². The summed E-state index contributed by atoms with van der Waals surface area (Å²) in [5.41, 5.74) is 0.592. The van der Waals surface area contributed by atoms with Gasteiger partial charge in [-0.3, -0.25) is 4.79 Å². The largest absolute Gasteiger partial charge is 0.454 e. The van der Waals surface area contributed by atoms with Crippen molar-refractivity contribution in [1.29, 1.82) is 0 Å². The molecule has 1 N–H and O–H groups in total. The first-order chi connectivity index (χ1) is 12.0. The van der Waals surface area contributed by atoms with Gasteiger partial charge in [-0.1, -0.05) is 35.3 Å². The second-order valence-corrected chi connectivity index (χ2v) is 6.02. The molecular formula is C17H13Cl2NO5. The first-order valence-electron chi connectivity index (χ1n) is 7.31. The van der Waals surface area contributed by atoms with E-state index in [2.05, 4.69) is 5.32 Å². The van der Waals surface area contributed by atoms with Gasteiger partial charge in [0.15, 0.2) is 17.6 Å². The Morgan fingerprint density at radius 2 is 1.92 bits per heavy atom. The molecule has 1 amide bonds. The minimum atomic E-state index is -1.03. The highest BCUT2D eigenvalue weighted by Gasteiger charge is 2.24. The van der Waals surface area contributed by atoms with Crippen LogP contribution in [0.1, 0.15) is 17.3 Å². The Balaban J connectivity index is 1.67. The summed E-state index contributed by atoms with van der Waals surface area (Å²) in [6.07, 6.45) is -1.03. The Bertz CT molecular complexity index is 840. The number of amides is 1. The van der Waals surface area contributed by atoms with E-state index in [-0.39, 0.29) is 17.4 Å². The van der Waals surface area contributed by atoms with E-state index in [1.807, 2.05) is 0 Å². The Morgan fingerprint density at radius 3 is 2.68 bits per heavy atom. The van der Waals surface area contributed by atoms with E-state index >= 15 is 0 Å². The fraction of sp³-hybridized carbons (Fsp3) is 0.176. The number of anilines is 1. The minimum absolute atomic E-state index is 0.0319. The first-order valence-corrected chi connectivity index (χ1v) is 8.07. The molecule has 6 nitrogen and oxygen atoms in total. The number of hydrogen-bond donors (Lipinski definition) is 1. The van der Waals surface area contributed by atoms with Crippen LogP contribution in [0.5, 0.6) is 11.5 Å². The third-order valence-electron chi connectivity index (χ3n) is 3.45. The number of esters is 1. The van der Waals surface area contributed by atoms with Crippen LogP contribution in [0, 0.1) is 0 Å². The van der Waals surface area contributed by atoms with Crippen molar-refractivity contribution in [2.45, 2.75) is 13.0 Å². The molecule has 1 aliphatic heterocycles. The van der Waals surface area contributed by atoms with E-state index in [1.165, 1.54) is 19.1 Å². The fourth-order valence-electron chi connectivity index (χ4n) is 2.16. The van der Waals surface area contributed by atoms with Gasteiger partial charge in [0.1, 0.15) is 0 Å². The summed E-state index contributed by atoms with van der Waals surface area (Å²) in [7, 11) is 0. The number of benzene rings is 2. The van der Waals surface area contributed by atoms with Gasteiger partial charge in [-0.05, 0) is 31.2 Å². The van der Waals surface area contributed by atoms with Gasteiger partial charge in [-0.25, -0.2) is 4.79 Å². The fourth-order valence-corrected chi connectivity index (χ4v) is 2.61. The summed E-state index contributed by atoms with van der Waals surface area (Å²) < 4.78 is 15.6. The Morgan fingerprint density at radius 1 is 1.16 bits per heavy atom. The molecule has 1 heterocycles. The molecule has 0 spiro atoms. The van der Waals surface area contributed by atoms with Crippen molar-refractivity contribution in [3.8, 4) is 11.5 Å². The first kappa shape index (κ1) is 17.4. The lowest BCUT2D eigenvalue weighted by Crippen LogP contribution is -2.30. The molecule has 1 aliphatic rings. The molecule has 25 heavy (non-hydrogen) atoms. The van der Waals surface area contributed by atoms with Crippen molar-refractivity contribution >= 4 is 40.8 Å².